The largest absolute Gasteiger partial charge is 0.453 e. The van der Waals surface area contributed by atoms with E-state index in [4.69, 9.17) is 4.74 Å². The fraction of sp³-hybridized carbons (Fsp3) is 0.510. The Balaban J connectivity index is 1.33. The van der Waals surface area contributed by atoms with E-state index in [9.17, 15) is 28.8 Å². The predicted molar refractivity (Wildman–Crippen MR) is 248 cm³/mol. The van der Waals surface area contributed by atoms with Crippen LogP contribution in [0.4, 0.5) is 26.7 Å². The average molecular weight is 882 g/mol. The fourth-order valence-electron chi connectivity index (χ4n) is 8.61. The van der Waals surface area contributed by atoms with E-state index < -0.39 is 36.4 Å². The molecule has 2 saturated heterocycles. The first-order valence-corrected chi connectivity index (χ1v) is 22.4. The number of benzene rings is 3. The Morgan fingerprint density at radius 2 is 1.27 bits per heavy atom. The number of nitrogens with zero attached hydrogens (tertiary/aromatic N) is 3. The number of methoxy groups -OCH3 is 2. The zero-order valence-electron chi connectivity index (χ0n) is 39.0. The summed E-state index contributed by atoms with van der Waals surface area (Å²) in [7, 11) is 2.48. The SMILES string of the molecule is CCCN(C(=O)C(NC(=O)OC)C(C)C)[C@@H](C)C(=O)Nc1ccc([C@@H]2CC[C@@H](c3ccc(NC(=O)[C@@H]4CCCN4C(=O)[C@H](C)NC(=O)OC)cc3)N2c2ccc(C(C)(C)C)cc2)cc1. The number of likely N-dealkylation sites (tertiary alicyclic amines) is 1. The molecule has 2 aliphatic rings. The van der Waals surface area contributed by atoms with Gasteiger partial charge in [0.25, 0.3) is 0 Å². The van der Waals surface area contributed by atoms with Crippen molar-refractivity contribution in [1.29, 1.82) is 0 Å². The number of alkyl carbamates (subject to hydrolysis) is 2. The third kappa shape index (κ3) is 11.7. The Morgan fingerprint density at radius 1 is 0.734 bits per heavy atom. The van der Waals surface area contributed by atoms with E-state index in [-0.39, 0.29) is 47.0 Å². The maximum atomic E-state index is 13.7. The van der Waals surface area contributed by atoms with E-state index in [1.54, 1.807) is 13.8 Å². The van der Waals surface area contributed by atoms with Gasteiger partial charge in [0.15, 0.2) is 0 Å². The van der Waals surface area contributed by atoms with Gasteiger partial charge >= 0.3 is 12.2 Å². The summed E-state index contributed by atoms with van der Waals surface area (Å²) in [6, 6.07) is 21.4. The van der Waals surface area contributed by atoms with Gasteiger partial charge < -0.3 is 45.4 Å². The van der Waals surface area contributed by atoms with E-state index in [1.807, 2.05) is 69.3 Å². The van der Waals surface area contributed by atoms with E-state index >= 15 is 0 Å². The smallest absolute Gasteiger partial charge is 0.407 e. The van der Waals surface area contributed by atoms with Crippen LogP contribution in [0.1, 0.15) is 116 Å². The van der Waals surface area contributed by atoms with Gasteiger partial charge in [-0.2, -0.15) is 0 Å². The van der Waals surface area contributed by atoms with Gasteiger partial charge in [-0.1, -0.05) is 77.9 Å². The summed E-state index contributed by atoms with van der Waals surface area (Å²) in [5, 5.41) is 11.1. The van der Waals surface area contributed by atoms with Gasteiger partial charge in [-0.3, -0.25) is 19.2 Å². The van der Waals surface area contributed by atoms with Crippen molar-refractivity contribution in [3.8, 4) is 0 Å². The summed E-state index contributed by atoms with van der Waals surface area (Å²) >= 11 is 0. The topological polar surface area (TPSA) is 179 Å². The van der Waals surface area contributed by atoms with Crippen molar-refractivity contribution >= 4 is 52.9 Å². The summed E-state index contributed by atoms with van der Waals surface area (Å²) in [5.41, 5.74) is 5.69. The minimum absolute atomic E-state index is 0.0156. The van der Waals surface area contributed by atoms with Crippen LogP contribution >= 0.6 is 0 Å². The van der Waals surface area contributed by atoms with Gasteiger partial charge in [-0.05, 0) is 110 Å². The molecular weight excluding hydrogens is 815 g/mol. The number of ether oxygens (including phenoxy) is 2. The van der Waals surface area contributed by atoms with Crippen molar-refractivity contribution in [2.75, 3.05) is 42.8 Å². The molecule has 6 atom stereocenters. The second-order valence-electron chi connectivity index (χ2n) is 18.1. The number of carbonyl (C=O) groups excluding carboxylic acids is 6. The highest BCUT2D eigenvalue weighted by atomic mass is 16.5. The lowest BCUT2D eigenvalue weighted by atomic mass is 9.87. The van der Waals surface area contributed by atoms with Crippen molar-refractivity contribution in [1.82, 2.24) is 20.4 Å². The molecule has 2 fully saturated rings. The summed E-state index contributed by atoms with van der Waals surface area (Å²) < 4.78 is 9.38. The summed E-state index contributed by atoms with van der Waals surface area (Å²) in [4.78, 5) is 83.2. The first-order chi connectivity index (χ1) is 30.4. The van der Waals surface area contributed by atoms with E-state index in [2.05, 4.69) is 75.9 Å². The third-order valence-corrected chi connectivity index (χ3v) is 12.3. The molecule has 346 valence electrons. The summed E-state index contributed by atoms with van der Waals surface area (Å²) in [6.07, 6.45) is 2.15. The molecule has 0 spiro atoms. The van der Waals surface area contributed by atoms with Crippen LogP contribution in [0.3, 0.4) is 0 Å². The van der Waals surface area contributed by atoms with Gasteiger partial charge in [0.05, 0.1) is 26.3 Å². The van der Waals surface area contributed by atoms with Crippen LogP contribution in [0.2, 0.25) is 0 Å². The number of carbonyl (C=O) groups is 6. The molecule has 0 saturated carbocycles. The zero-order valence-corrected chi connectivity index (χ0v) is 39.0. The molecular formula is C49H67N7O8. The predicted octanol–water partition coefficient (Wildman–Crippen LogP) is 7.69. The van der Waals surface area contributed by atoms with Crippen LogP contribution in [-0.2, 0) is 34.1 Å². The Bertz CT molecular complexity index is 2100. The minimum Gasteiger partial charge on any atom is -0.453 e. The Morgan fingerprint density at radius 3 is 1.77 bits per heavy atom. The van der Waals surface area contributed by atoms with E-state index in [1.165, 1.54) is 29.6 Å². The lowest BCUT2D eigenvalue weighted by molar-refractivity contribution is -0.140. The molecule has 1 unspecified atom stereocenters. The lowest BCUT2D eigenvalue weighted by Crippen LogP contribution is -2.55. The molecule has 64 heavy (non-hydrogen) atoms. The molecule has 0 aliphatic carbocycles. The highest BCUT2D eigenvalue weighted by molar-refractivity contribution is 5.99. The minimum atomic E-state index is -0.851. The van der Waals surface area contributed by atoms with Gasteiger partial charge in [-0.25, -0.2) is 9.59 Å². The van der Waals surface area contributed by atoms with Crippen molar-refractivity contribution < 1.29 is 38.2 Å². The quantitative estimate of drug-likeness (QED) is 0.119. The first kappa shape index (κ1) is 48.9. The fourth-order valence-corrected chi connectivity index (χ4v) is 8.61. The van der Waals surface area contributed by atoms with Gasteiger partial charge in [-0.15, -0.1) is 0 Å². The molecule has 5 rings (SSSR count). The van der Waals surface area contributed by atoms with Crippen molar-refractivity contribution in [2.45, 2.75) is 129 Å². The molecule has 0 radical (unpaired) electrons. The van der Waals surface area contributed by atoms with Crippen LogP contribution in [0.5, 0.6) is 0 Å². The normalized spacial score (nSPS) is 18.7. The number of nitrogens with one attached hydrogen (secondary N) is 4. The Labute approximate surface area is 378 Å². The van der Waals surface area contributed by atoms with Crippen LogP contribution in [0, 0.1) is 5.92 Å². The van der Waals surface area contributed by atoms with Crippen molar-refractivity contribution in [3.05, 3.63) is 89.5 Å². The van der Waals surface area contributed by atoms with Crippen LogP contribution in [0.25, 0.3) is 0 Å². The molecule has 6 amide bonds. The molecule has 4 N–H and O–H groups in total. The molecule has 0 bridgehead atoms. The second-order valence-corrected chi connectivity index (χ2v) is 18.1. The standard InChI is InChI=1S/C49H67N7O8/c1-11-28-54(46(60)42(30(2)3)53-48(62)64-10)32(5)43(57)51-36-20-14-33(15-21-36)39-26-27-40(56(39)38-24-18-35(19-25-38)49(6,7)8)34-16-22-37(23-17-34)52-44(58)41-13-12-29-55(41)45(59)31(4)50-47(61)63-9/h14-25,30-32,39-42H,11-13,26-29H2,1-10H3,(H,50,61)(H,51,57)(H,52,58)(H,53,62)/t31-,32-,39-,40-,41-,42?/m0/s1. The number of rotatable bonds is 15. The van der Waals surface area contributed by atoms with Gasteiger partial charge in [0, 0.05) is 30.2 Å². The molecule has 2 heterocycles. The molecule has 2 aliphatic heterocycles. The van der Waals surface area contributed by atoms with Crippen LogP contribution < -0.4 is 26.2 Å². The molecule has 3 aromatic rings. The lowest BCUT2D eigenvalue weighted by Gasteiger charge is -2.34. The van der Waals surface area contributed by atoms with E-state index in [0.717, 1.165) is 29.7 Å². The Hall–Kier alpha value is -6.12. The van der Waals surface area contributed by atoms with E-state index in [0.29, 0.717) is 43.7 Å². The maximum Gasteiger partial charge on any atom is 0.407 e. The monoisotopic (exact) mass is 882 g/mol. The number of hydrogen-bond donors (Lipinski definition) is 4. The van der Waals surface area contributed by atoms with Crippen molar-refractivity contribution in [2.24, 2.45) is 5.92 Å². The Kier molecular flexibility index (Phi) is 16.4. The number of anilines is 3. The summed E-state index contributed by atoms with van der Waals surface area (Å²) in [6.45, 7) is 16.2. The maximum absolute atomic E-state index is 13.7. The zero-order chi connectivity index (χ0) is 46.9. The van der Waals surface area contributed by atoms with Crippen LogP contribution in [-0.4, -0.2) is 97.1 Å². The van der Waals surface area contributed by atoms with Gasteiger partial charge in [0.2, 0.25) is 23.6 Å². The molecule has 15 heteroatoms. The highest BCUT2D eigenvalue weighted by Gasteiger charge is 2.38. The number of amides is 6. The summed E-state index contributed by atoms with van der Waals surface area (Å²) in [5.74, 6) is -1.53. The highest BCUT2D eigenvalue weighted by Crippen LogP contribution is 2.47. The second kappa shape index (κ2) is 21.5. The molecule has 15 nitrogen and oxygen atoms in total. The van der Waals surface area contributed by atoms with Gasteiger partial charge in [0.1, 0.15) is 24.2 Å². The molecule has 0 aromatic heterocycles. The average Bonchev–Trinajstić information content (AvgIpc) is 3.95. The van der Waals surface area contributed by atoms with Crippen LogP contribution in [0.15, 0.2) is 72.8 Å². The number of hydrogen-bond acceptors (Lipinski definition) is 9. The first-order valence-electron chi connectivity index (χ1n) is 22.4. The third-order valence-electron chi connectivity index (χ3n) is 12.3. The molecule has 3 aromatic carbocycles. The van der Waals surface area contributed by atoms with Crippen molar-refractivity contribution in [3.63, 3.8) is 0 Å².